The molecule has 3 nitrogen and oxygen atoms in total. The third kappa shape index (κ3) is 5.08. The van der Waals surface area contributed by atoms with Crippen LogP contribution in [-0.2, 0) is 11.2 Å². The molecule has 0 saturated carbocycles. The van der Waals surface area contributed by atoms with E-state index in [-0.39, 0.29) is 6.42 Å². The molecule has 0 aromatic heterocycles. The summed E-state index contributed by atoms with van der Waals surface area (Å²) < 4.78 is 26.0. The number of likely N-dealkylation sites (tertiary alicyclic amines) is 1. The Morgan fingerprint density at radius 1 is 1.33 bits per heavy atom. The molecule has 1 unspecified atom stereocenters. The Morgan fingerprint density at radius 3 is 2.86 bits per heavy atom. The highest BCUT2D eigenvalue weighted by molar-refractivity contribution is 5.66. The van der Waals surface area contributed by atoms with Crippen LogP contribution in [0.3, 0.4) is 0 Å². The van der Waals surface area contributed by atoms with Gasteiger partial charge in [-0.2, -0.15) is 0 Å². The zero-order valence-corrected chi connectivity index (χ0v) is 12.0. The number of hydrogen-bond donors (Lipinski definition) is 1. The number of aliphatic carboxylic acids is 1. The van der Waals surface area contributed by atoms with E-state index in [0.29, 0.717) is 12.5 Å². The van der Waals surface area contributed by atoms with E-state index in [1.807, 2.05) is 0 Å². The first-order valence-electron chi connectivity index (χ1n) is 7.42. The molecule has 1 heterocycles. The van der Waals surface area contributed by atoms with Gasteiger partial charge in [-0.1, -0.05) is 6.07 Å². The molecular weight excluding hydrogens is 276 g/mol. The lowest BCUT2D eigenvalue weighted by molar-refractivity contribution is -0.137. The van der Waals surface area contributed by atoms with Gasteiger partial charge in [0.05, 0.1) is 6.42 Å². The maximum Gasteiger partial charge on any atom is 0.304 e. The van der Waals surface area contributed by atoms with Crippen LogP contribution in [0.4, 0.5) is 8.78 Å². The minimum absolute atomic E-state index is 0.176. The molecule has 5 heteroatoms. The molecule has 1 saturated heterocycles. The van der Waals surface area contributed by atoms with Crippen molar-refractivity contribution in [1.29, 1.82) is 0 Å². The van der Waals surface area contributed by atoms with Crippen molar-refractivity contribution in [2.75, 3.05) is 19.6 Å². The van der Waals surface area contributed by atoms with Gasteiger partial charge in [-0.25, -0.2) is 8.78 Å². The van der Waals surface area contributed by atoms with Crippen LogP contribution in [0.15, 0.2) is 18.2 Å². The summed E-state index contributed by atoms with van der Waals surface area (Å²) in [5.41, 5.74) is 0.816. The summed E-state index contributed by atoms with van der Waals surface area (Å²) in [6.45, 7) is 2.45. The zero-order valence-electron chi connectivity index (χ0n) is 12.0. The lowest BCUT2D eigenvalue weighted by Gasteiger charge is -2.32. The Labute approximate surface area is 123 Å². The van der Waals surface area contributed by atoms with E-state index < -0.39 is 17.6 Å². The fourth-order valence-corrected chi connectivity index (χ4v) is 2.91. The molecule has 0 aliphatic carbocycles. The van der Waals surface area contributed by atoms with E-state index in [1.54, 1.807) is 6.07 Å². The normalized spacial score (nSPS) is 19.6. The Balaban J connectivity index is 1.79. The molecule has 1 N–H and O–H groups in total. The van der Waals surface area contributed by atoms with E-state index in [9.17, 15) is 13.6 Å². The Morgan fingerprint density at radius 2 is 2.14 bits per heavy atom. The van der Waals surface area contributed by atoms with E-state index in [0.717, 1.165) is 44.3 Å². The van der Waals surface area contributed by atoms with Gasteiger partial charge >= 0.3 is 5.97 Å². The number of hydrogen-bond acceptors (Lipinski definition) is 2. The van der Waals surface area contributed by atoms with Crippen molar-refractivity contribution in [3.63, 3.8) is 0 Å². The lowest BCUT2D eigenvalue weighted by atomic mass is 9.91. The molecule has 1 aromatic carbocycles. The lowest BCUT2D eigenvalue weighted by Crippen LogP contribution is -2.36. The van der Waals surface area contributed by atoms with Gasteiger partial charge in [0.1, 0.15) is 0 Å². The SMILES string of the molecule is O=C(O)CCN1CCCC(CCc2ccc(F)c(F)c2)C1. The van der Waals surface area contributed by atoms with Gasteiger partial charge < -0.3 is 10.0 Å². The number of carboxylic acid groups (broad SMARTS) is 1. The highest BCUT2D eigenvalue weighted by atomic mass is 19.2. The predicted octanol–water partition coefficient (Wildman–Crippen LogP) is 3.08. The van der Waals surface area contributed by atoms with Crippen molar-refractivity contribution in [2.24, 2.45) is 5.92 Å². The van der Waals surface area contributed by atoms with Crippen molar-refractivity contribution < 1.29 is 18.7 Å². The van der Waals surface area contributed by atoms with Crippen LogP contribution in [0, 0.1) is 17.6 Å². The molecule has 1 aliphatic rings. The third-order valence-corrected chi connectivity index (χ3v) is 4.07. The van der Waals surface area contributed by atoms with Crippen molar-refractivity contribution in [1.82, 2.24) is 4.90 Å². The van der Waals surface area contributed by atoms with Crippen molar-refractivity contribution >= 4 is 5.97 Å². The summed E-state index contributed by atoms with van der Waals surface area (Å²) in [5, 5.41) is 8.72. The van der Waals surface area contributed by atoms with E-state index in [2.05, 4.69) is 4.90 Å². The number of piperidine rings is 1. The largest absolute Gasteiger partial charge is 0.481 e. The number of nitrogens with zero attached hydrogens (tertiary/aromatic N) is 1. The second-order valence-corrected chi connectivity index (χ2v) is 5.74. The number of benzene rings is 1. The molecule has 1 aromatic rings. The summed E-state index contributed by atoms with van der Waals surface area (Å²) in [7, 11) is 0. The maximum atomic E-state index is 13.1. The van der Waals surface area contributed by atoms with Gasteiger partial charge in [0.15, 0.2) is 11.6 Å². The maximum absolute atomic E-state index is 13.1. The topological polar surface area (TPSA) is 40.5 Å². The molecule has 2 rings (SSSR count). The van der Waals surface area contributed by atoms with E-state index in [4.69, 9.17) is 5.11 Å². The van der Waals surface area contributed by atoms with Gasteiger partial charge in [0.2, 0.25) is 0 Å². The number of halogens is 2. The standard InChI is InChI=1S/C16H21F2NO2/c17-14-6-5-12(10-15(14)18)3-4-13-2-1-8-19(11-13)9-7-16(20)21/h5-6,10,13H,1-4,7-9,11H2,(H,20,21). The first-order chi connectivity index (χ1) is 10.0. The molecule has 0 radical (unpaired) electrons. The second kappa shape index (κ2) is 7.50. The minimum atomic E-state index is -0.809. The molecule has 21 heavy (non-hydrogen) atoms. The fraction of sp³-hybridized carbons (Fsp3) is 0.562. The molecule has 1 atom stereocenters. The van der Waals surface area contributed by atoms with Crippen LogP contribution in [0.1, 0.15) is 31.2 Å². The summed E-state index contributed by atoms with van der Waals surface area (Å²) in [5.74, 6) is -1.87. The van der Waals surface area contributed by atoms with E-state index >= 15 is 0 Å². The average Bonchev–Trinajstić information content (AvgIpc) is 2.47. The molecule has 0 spiro atoms. The van der Waals surface area contributed by atoms with Crippen molar-refractivity contribution in [3.8, 4) is 0 Å². The number of aryl methyl sites for hydroxylation is 1. The average molecular weight is 297 g/mol. The van der Waals surface area contributed by atoms with Gasteiger partial charge in [0, 0.05) is 13.1 Å². The van der Waals surface area contributed by atoms with Gasteiger partial charge in [-0.05, 0) is 55.8 Å². The van der Waals surface area contributed by atoms with Crippen LogP contribution in [-0.4, -0.2) is 35.6 Å². The van der Waals surface area contributed by atoms with Crippen LogP contribution < -0.4 is 0 Å². The van der Waals surface area contributed by atoms with E-state index in [1.165, 1.54) is 12.1 Å². The van der Waals surface area contributed by atoms with Crippen LogP contribution in [0.25, 0.3) is 0 Å². The Hall–Kier alpha value is -1.49. The summed E-state index contributed by atoms with van der Waals surface area (Å²) in [6.07, 6.45) is 4.02. The Kier molecular flexibility index (Phi) is 5.67. The highest BCUT2D eigenvalue weighted by Gasteiger charge is 2.20. The first-order valence-corrected chi connectivity index (χ1v) is 7.42. The molecular formula is C16H21F2NO2. The summed E-state index contributed by atoms with van der Waals surface area (Å²) in [4.78, 5) is 12.8. The third-order valence-electron chi connectivity index (χ3n) is 4.07. The number of carbonyl (C=O) groups is 1. The molecule has 0 bridgehead atoms. The monoisotopic (exact) mass is 297 g/mol. The fourth-order valence-electron chi connectivity index (χ4n) is 2.91. The number of carboxylic acids is 1. The van der Waals surface area contributed by atoms with Crippen LogP contribution >= 0.6 is 0 Å². The van der Waals surface area contributed by atoms with Gasteiger partial charge in [-0.15, -0.1) is 0 Å². The highest BCUT2D eigenvalue weighted by Crippen LogP contribution is 2.22. The smallest absolute Gasteiger partial charge is 0.304 e. The van der Waals surface area contributed by atoms with Gasteiger partial charge in [0.25, 0.3) is 0 Å². The van der Waals surface area contributed by atoms with Gasteiger partial charge in [-0.3, -0.25) is 4.79 Å². The van der Waals surface area contributed by atoms with Crippen molar-refractivity contribution in [2.45, 2.75) is 32.1 Å². The molecule has 1 aliphatic heterocycles. The van der Waals surface area contributed by atoms with Crippen LogP contribution in [0.5, 0.6) is 0 Å². The quantitative estimate of drug-likeness (QED) is 0.877. The molecule has 1 fully saturated rings. The predicted molar refractivity (Wildman–Crippen MR) is 76.1 cm³/mol. The summed E-state index contributed by atoms with van der Waals surface area (Å²) >= 11 is 0. The van der Waals surface area contributed by atoms with Crippen molar-refractivity contribution in [3.05, 3.63) is 35.4 Å². The minimum Gasteiger partial charge on any atom is -0.481 e. The van der Waals surface area contributed by atoms with Crippen LogP contribution in [0.2, 0.25) is 0 Å². The second-order valence-electron chi connectivity index (χ2n) is 5.74. The Bertz CT molecular complexity index is 493. The molecule has 116 valence electrons. The first kappa shape index (κ1) is 15.9. The zero-order chi connectivity index (χ0) is 15.2. The number of rotatable bonds is 6. The molecule has 0 amide bonds. The summed E-state index contributed by atoms with van der Waals surface area (Å²) in [6, 6.07) is 4.06.